The van der Waals surface area contributed by atoms with Gasteiger partial charge >= 0.3 is 11.9 Å². The summed E-state index contributed by atoms with van der Waals surface area (Å²) in [4.78, 5) is 46.7. The first-order chi connectivity index (χ1) is 12.8. The number of hydrogen-bond acceptors (Lipinski definition) is 6. The van der Waals surface area contributed by atoms with Crippen molar-refractivity contribution in [1.29, 1.82) is 0 Å². The highest BCUT2D eigenvalue weighted by atomic mass is 28.3. The molecule has 0 heterocycles. The van der Waals surface area contributed by atoms with Crippen molar-refractivity contribution in [3.63, 3.8) is 0 Å². The number of esters is 2. The molecule has 0 atom stereocenters. The van der Waals surface area contributed by atoms with E-state index in [1.165, 1.54) is 0 Å². The van der Waals surface area contributed by atoms with Crippen molar-refractivity contribution in [2.75, 3.05) is 6.61 Å². The van der Waals surface area contributed by atoms with Crippen molar-refractivity contribution in [3.05, 3.63) is 0 Å². The Labute approximate surface area is 170 Å². The van der Waals surface area contributed by atoms with E-state index in [0.29, 0.717) is 32.3 Å². The quantitative estimate of drug-likeness (QED) is 0.180. The van der Waals surface area contributed by atoms with E-state index in [4.69, 9.17) is 9.47 Å². The third kappa shape index (κ3) is 17.9. The maximum absolute atomic E-state index is 11.8. The molecule has 0 bridgehead atoms. The van der Waals surface area contributed by atoms with Gasteiger partial charge < -0.3 is 9.47 Å². The van der Waals surface area contributed by atoms with Gasteiger partial charge in [-0.1, -0.05) is 32.5 Å². The summed E-state index contributed by atoms with van der Waals surface area (Å²) in [6.07, 6.45) is 3.38. The average molecular weight is 415 g/mol. The predicted molar refractivity (Wildman–Crippen MR) is 112 cm³/mol. The van der Waals surface area contributed by atoms with Gasteiger partial charge in [0.2, 0.25) is 0 Å². The van der Waals surface area contributed by atoms with Crippen LogP contribution in [0.15, 0.2) is 0 Å². The second-order valence-corrected chi connectivity index (χ2v) is 15.1. The van der Waals surface area contributed by atoms with Gasteiger partial charge in [0.05, 0.1) is 6.61 Å². The van der Waals surface area contributed by atoms with Gasteiger partial charge in [0.1, 0.15) is 30.0 Å². The van der Waals surface area contributed by atoms with E-state index in [0.717, 1.165) is 18.9 Å². The van der Waals surface area contributed by atoms with E-state index in [1.807, 2.05) is 0 Å². The summed E-state index contributed by atoms with van der Waals surface area (Å²) in [6, 6.07) is 0.902. The summed E-state index contributed by atoms with van der Waals surface area (Å²) < 4.78 is 10.2. The average Bonchev–Trinajstić information content (AvgIpc) is 2.47. The fraction of sp³-hybridized carbons (Fsp3) is 0.810. The van der Waals surface area contributed by atoms with Crippen LogP contribution in [-0.2, 0) is 28.7 Å². The molecule has 0 aromatic carbocycles. The zero-order valence-electron chi connectivity index (χ0n) is 18.5. The largest absolute Gasteiger partial charge is 0.466 e. The first-order valence-electron chi connectivity index (χ1n) is 10.2. The molecule has 0 aliphatic heterocycles. The second kappa shape index (κ2) is 12.9. The molecule has 0 amide bonds. The third-order valence-corrected chi connectivity index (χ3v) is 5.58. The Balaban J connectivity index is 3.71. The zero-order chi connectivity index (χ0) is 21.8. The summed E-state index contributed by atoms with van der Waals surface area (Å²) in [5.41, 5.74) is -0.579. The molecule has 0 saturated heterocycles. The Morgan fingerprint density at radius 3 is 1.64 bits per heavy atom. The normalized spacial score (nSPS) is 11.8. The van der Waals surface area contributed by atoms with Gasteiger partial charge in [0, 0.05) is 20.9 Å². The lowest BCUT2D eigenvalue weighted by atomic mass is 10.1. The monoisotopic (exact) mass is 414 g/mol. The molecule has 0 aromatic rings. The Kier molecular flexibility index (Phi) is 12.2. The van der Waals surface area contributed by atoms with E-state index in [2.05, 4.69) is 19.6 Å². The number of ketones is 2. The molecular weight excluding hydrogens is 376 g/mol. The van der Waals surface area contributed by atoms with Crippen LogP contribution >= 0.6 is 0 Å². The van der Waals surface area contributed by atoms with Gasteiger partial charge in [-0.3, -0.25) is 19.2 Å². The molecule has 0 rings (SSSR count). The Morgan fingerprint density at radius 2 is 1.21 bits per heavy atom. The van der Waals surface area contributed by atoms with E-state index in [-0.39, 0.29) is 24.4 Å². The molecule has 0 aliphatic rings. The van der Waals surface area contributed by atoms with Crippen molar-refractivity contribution >= 4 is 31.6 Å². The highest BCUT2D eigenvalue weighted by molar-refractivity contribution is 6.76. The van der Waals surface area contributed by atoms with E-state index >= 15 is 0 Å². The molecule has 162 valence electrons. The molecular formula is C21H38O6Si. The highest BCUT2D eigenvalue weighted by Crippen LogP contribution is 2.12. The minimum absolute atomic E-state index is 0.0981. The number of unbranched alkanes of at least 4 members (excludes halogenated alkanes) is 3. The standard InChI is InChI=1S/C21H38O6Si/c1-21(2,3)27-20(25)16-18(23)12-10-8-7-9-11-17(22)15-19(24)26-13-14-28(4,5)6/h7-16H2,1-6H3. The van der Waals surface area contributed by atoms with Crippen LogP contribution in [0.1, 0.15) is 72.1 Å². The van der Waals surface area contributed by atoms with Crippen molar-refractivity contribution < 1.29 is 28.7 Å². The first-order valence-corrected chi connectivity index (χ1v) is 13.9. The Hall–Kier alpha value is -1.50. The van der Waals surface area contributed by atoms with Crippen LogP contribution in [0.4, 0.5) is 0 Å². The van der Waals surface area contributed by atoms with Gasteiger partial charge in [-0.25, -0.2) is 0 Å². The van der Waals surface area contributed by atoms with Crippen molar-refractivity contribution in [2.45, 2.75) is 103 Å². The zero-order valence-corrected chi connectivity index (χ0v) is 19.5. The number of hydrogen-bond donors (Lipinski definition) is 0. The molecule has 6 nitrogen and oxygen atoms in total. The number of ether oxygens (including phenoxy) is 2. The molecule has 0 fully saturated rings. The van der Waals surface area contributed by atoms with Crippen LogP contribution in [-0.4, -0.2) is 43.8 Å². The maximum Gasteiger partial charge on any atom is 0.313 e. The van der Waals surface area contributed by atoms with Gasteiger partial charge in [0.25, 0.3) is 0 Å². The van der Waals surface area contributed by atoms with Crippen LogP contribution in [0.25, 0.3) is 0 Å². The molecule has 0 N–H and O–H groups in total. The summed E-state index contributed by atoms with van der Waals surface area (Å²) in [5, 5.41) is 0. The smallest absolute Gasteiger partial charge is 0.313 e. The van der Waals surface area contributed by atoms with Crippen LogP contribution in [0, 0.1) is 0 Å². The fourth-order valence-corrected chi connectivity index (χ4v) is 3.11. The first kappa shape index (κ1) is 26.5. The van der Waals surface area contributed by atoms with Crippen LogP contribution in [0.2, 0.25) is 25.7 Å². The number of carbonyl (C=O) groups excluding carboxylic acids is 4. The van der Waals surface area contributed by atoms with Crippen molar-refractivity contribution in [1.82, 2.24) is 0 Å². The summed E-state index contributed by atoms with van der Waals surface area (Å²) >= 11 is 0. The Bertz CT molecular complexity index is 528. The predicted octanol–water partition coefficient (Wildman–Crippen LogP) is 4.47. The number of rotatable bonds is 14. The molecule has 0 aliphatic carbocycles. The molecule has 0 radical (unpaired) electrons. The van der Waals surface area contributed by atoms with Gasteiger partial charge in [-0.2, -0.15) is 0 Å². The van der Waals surface area contributed by atoms with Crippen molar-refractivity contribution in [3.8, 4) is 0 Å². The lowest BCUT2D eigenvalue weighted by molar-refractivity contribution is -0.156. The summed E-state index contributed by atoms with van der Waals surface area (Å²) in [6.45, 7) is 12.3. The van der Waals surface area contributed by atoms with E-state index < -0.39 is 25.6 Å². The third-order valence-electron chi connectivity index (χ3n) is 3.88. The van der Waals surface area contributed by atoms with Crippen LogP contribution < -0.4 is 0 Å². The molecule has 28 heavy (non-hydrogen) atoms. The highest BCUT2D eigenvalue weighted by Gasteiger charge is 2.19. The fourth-order valence-electron chi connectivity index (χ4n) is 2.40. The number of Topliss-reactive ketones (excluding diaryl/α,β-unsaturated/α-hetero) is 2. The lowest BCUT2D eigenvalue weighted by Gasteiger charge is -2.19. The summed E-state index contributed by atoms with van der Waals surface area (Å²) in [5.74, 6) is -1.14. The van der Waals surface area contributed by atoms with Crippen LogP contribution in [0.5, 0.6) is 0 Å². The SMILES string of the molecule is CC(C)(C)OC(=O)CC(=O)CCCCCCC(=O)CC(=O)OCC[Si](C)(C)C. The molecule has 0 spiro atoms. The molecule has 0 unspecified atom stereocenters. The van der Waals surface area contributed by atoms with Gasteiger partial charge in [-0.05, 0) is 39.7 Å². The van der Waals surface area contributed by atoms with Gasteiger partial charge in [0.15, 0.2) is 0 Å². The number of carbonyl (C=O) groups is 4. The van der Waals surface area contributed by atoms with Crippen LogP contribution in [0.3, 0.4) is 0 Å². The lowest BCUT2D eigenvalue weighted by Crippen LogP contribution is -2.25. The van der Waals surface area contributed by atoms with E-state index in [9.17, 15) is 19.2 Å². The maximum atomic E-state index is 11.8. The van der Waals surface area contributed by atoms with Crippen molar-refractivity contribution in [2.24, 2.45) is 0 Å². The minimum Gasteiger partial charge on any atom is -0.466 e. The minimum atomic E-state index is -1.24. The molecule has 0 aromatic heterocycles. The second-order valence-electron chi connectivity index (χ2n) is 9.46. The van der Waals surface area contributed by atoms with E-state index in [1.54, 1.807) is 20.8 Å². The topological polar surface area (TPSA) is 86.7 Å². The molecule has 0 saturated carbocycles. The molecule has 7 heteroatoms. The van der Waals surface area contributed by atoms with Gasteiger partial charge in [-0.15, -0.1) is 0 Å². The summed E-state index contributed by atoms with van der Waals surface area (Å²) in [7, 11) is -1.24. The Morgan fingerprint density at radius 1 is 0.750 bits per heavy atom.